The monoisotopic (exact) mass is 226 g/mol. The molecule has 0 aliphatic carbocycles. The van der Waals surface area contributed by atoms with E-state index in [-0.39, 0.29) is 5.56 Å². The number of amides is 1. The van der Waals surface area contributed by atoms with E-state index >= 15 is 0 Å². The van der Waals surface area contributed by atoms with Crippen LogP contribution in [0, 0.1) is 0 Å². The van der Waals surface area contributed by atoms with Crippen LogP contribution in [0.5, 0.6) is 0 Å². The number of hydrogen-bond acceptors (Lipinski definition) is 4. The number of carbonyl (C=O) groups excluding carboxylic acids is 1. The fourth-order valence-electron chi connectivity index (χ4n) is 1.02. The molecule has 1 amide bonds. The van der Waals surface area contributed by atoms with Crippen molar-refractivity contribution >= 4 is 11.9 Å². The van der Waals surface area contributed by atoms with Crippen molar-refractivity contribution < 1.29 is 19.8 Å². The summed E-state index contributed by atoms with van der Waals surface area (Å²) in [5.74, 6) is -2.22. The number of H-pyrrole nitrogens is 1. The lowest BCUT2D eigenvalue weighted by molar-refractivity contribution is -0.140. The van der Waals surface area contributed by atoms with E-state index in [1.165, 1.54) is 6.20 Å². The molecular weight excluding hydrogens is 216 g/mol. The van der Waals surface area contributed by atoms with Crippen LogP contribution < -0.4 is 10.7 Å². The van der Waals surface area contributed by atoms with Gasteiger partial charge in [0.2, 0.25) is 0 Å². The third-order valence-electron chi connectivity index (χ3n) is 1.85. The van der Waals surface area contributed by atoms with Gasteiger partial charge in [-0.15, -0.1) is 0 Å². The Morgan fingerprint density at radius 1 is 1.50 bits per heavy atom. The second-order valence-corrected chi connectivity index (χ2v) is 2.97. The van der Waals surface area contributed by atoms with Crippen LogP contribution in [-0.4, -0.2) is 39.7 Å². The van der Waals surface area contributed by atoms with E-state index in [1.54, 1.807) is 0 Å². The predicted molar refractivity (Wildman–Crippen MR) is 53.0 cm³/mol. The first-order valence-corrected chi connectivity index (χ1v) is 4.38. The zero-order valence-electron chi connectivity index (χ0n) is 8.14. The molecule has 1 aromatic heterocycles. The van der Waals surface area contributed by atoms with E-state index in [0.717, 1.165) is 12.3 Å². The SMILES string of the molecule is O=C(NC(CO)C(=O)O)c1c[nH]ccc1=O. The van der Waals surface area contributed by atoms with Gasteiger partial charge in [-0.3, -0.25) is 9.59 Å². The Bertz CT molecular complexity index is 453. The first kappa shape index (κ1) is 11.9. The lowest BCUT2D eigenvalue weighted by Crippen LogP contribution is -2.44. The van der Waals surface area contributed by atoms with Crippen LogP contribution >= 0.6 is 0 Å². The molecule has 0 radical (unpaired) electrons. The molecule has 0 spiro atoms. The summed E-state index contributed by atoms with van der Waals surface area (Å²) in [5, 5.41) is 19.3. The van der Waals surface area contributed by atoms with Crippen molar-refractivity contribution in [3.8, 4) is 0 Å². The number of aromatic amines is 1. The number of carboxylic acids is 1. The van der Waals surface area contributed by atoms with Gasteiger partial charge >= 0.3 is 5.97 Å². The first-order chi connectivity index (χ1) is 7.56. The summed E-state index contributed by atoms with van der Waals surface area (Å²) in [6.45, 7) is -0.744. The maximum atomic E-state index is 11.4. The maximum Gasteiger partial charge on any atom is 0.328 e. The maximum absolute atomic E-state index is 11.4. The molecule has 0 saturated heterocycles. The van der Waals surface area contributed by atoms with Crippen LogP contribution in [0.4, 0.5) is 0 Å². The summed E-state index contributed by atoms with van der Waals surface area (Å²) in [7, 11) is 0. The number of aliphatic hydroxyl groups excluding tert-OH is 1. The molecule has 7 heteroatoms. The molecule has 1 heterocycles. The molecule has 0 bridgehead atoms. The Hall–Kier alpha value is -2.15. The Kier molecular flexibility index (Phi) is 3.78. The lowest BCUT2D eigenvalue weighted by atomic mass is 10.2. The topological polar surface area (TPSA) is 119 Å². The molecule has 0 saturated carbocycles. The molecule has 0 fully saturated rings. The minimum atomic E-state index is -1.42. The van der Waals surface area contributed by atoms with Crippen LogP contribution in [0.2, 0.25) is 0 Å². The first-order valence-electron chi connectivity index (χ1n) is 4.38. The molecule has 0 aliphatic heterocycles. The van der Waals surface area contributed by atoms with Crippen molar-refractivity contribution in [2.75, 3.05) is 6.61 Å². The van der Waals surface area contributed by atoms with Crippen molar-refractivity contribution in [2.24, 2.45) is 0 Å². The largest absolute Gasteiger partial charge is 0.480 e. The number of hydrogen-bond donors (Lipinski definition) is 4. The standard InChI is InChI=1S/C9H10N2O5/c12-4-6(9(15)16)11-8(14)5-3-10-2-1-7(5)13/h1-3,6,12H,4H2,(H,10,13)(H,11,14)(H,15,16). The molecule has 1 unspecified atom stereocenters. The normalized spacial score (nSPS) is 11.8. The van der Waals surface area contributed by atoms with E-state index in [4.69, 9.17) is 10.2 Å². The van der Waals surface area contributed by atoms with Gasteiger partial charge in [-0.05, 0) is 0 Å². The zero-order chi connectivity index (χ0) is 12.1. The average molecular weight is 226 g/mol. The van der Waals surface area contributed by atoms with E-state index in [9.17, 15) is 14.4 Å². The molecule has 16 heavy (non-hydrogen) atoms. The van der Waals surface area contributed by atoms with Crippen molar-refractivity contribution in [1.82, 2.24) is 10.3 Å². The van der Waals surface area contributed by atoms with Gasteiger partial charge < -0.3 is 20.5 Å². The number of carbonyl (C=O) groups is 2. The minimum Gasteiger partial charge on any atom is -0.480 e. The highest BCUT2D eigenvalue weighted by molar-refractivity contribution is 5.96. The number of carboxylic acid groups (broad SMARTS) is 1. The van der Waals surface area contributed by atoms with E-state index in [2.05, 4.69) is 4.98 Å². The molecule has 4 N–H and O–H groups in total. The Balaban J connectivity index is 2.84. The molecule has 1 atom stereocenters. The number of nitrogens with one attached hydrogen (secondary N) is 2. The zero-order valence-corrected chi connectivity index (χ0v) is 8.14. The summed E-state index contributed by atoms with van der Waals surface area (Å²) in [6, 6.07) is -0.281. The Morgan fingerprint density at radius 3 is 2.69 bits per heavy atom. The quantitative estimate of drug-likeness (QED) is 0.500. The summed E-state index contributed by atoms with van der Waals surface area (Å²) in [6.07, 6.45) is 2.51. The van der Waals surface area contributed by atoms with Crippen LogP contribution in [-0.2, 0) is 4.79 Å². The highest BCUT2D eigenvalue weighted by atomic mass is 16.4. The van der Waals surface area contributed by atoms with Gasteiger partial charge in [-0.1, -0.05) is 0 Å². The highest BCUT2D eigenvalue weighted by Crippen LogP contribution is 1.91. The predicted octanol–water partition coefficient (Wildman–Crippen LogP) is -1.45. The third-order valence-corrected chi connectivity index (χ3v) is 1.85. The molecule has 7 nitrogen and oxygen atoms in total. The van der Waals surface area contributed by atoms with Gasteiger partial charge in [0.05, 0.1) is 6.61 Å². The van der Waals surface area contributed by atoms with Gasteiger partial charge in [-0.2, -0.15) is 0 Å². The summed E-state index contributed by atoms with van der Waals surface area (Å²) in [5.41, 5.74) is -0.736. The fourth-order valence-corrected chi connectivity index (χ4v) is 1.02. The summed E-state index contributed by atoms with van der Waals surface area (Å²) < 4.78 is 0. The number of aliphatic carboxylic acids is 1. The number of pyridine rings is 1. The van der Waals surface area contributed by atoms with Crippen LogP contribution in [0.3, 0.4) is 0 Å². The molecule has 0 aromatic carbocycles. The number of rotatable bonds is 4. The van der Waals surface area contributed by atoms with E-state index < -0.39 is 30.0 Å². The second kappa shape index (κ2) is 5.08. The molecule has 86 valence electrons. The van der Waals surface area contributed by atoms with Crippen molar-refractivity contribution in [3.63, 3.8) is 0 Å². The molecule has 0 aliphatic rings. The van der Waals surface area contributed by atoms with Crippen LogP contribution in [0.15, 0.2) is 23.3 Å². The van der Waals surface area contributed by atoms with E-state index in [1.807, 2.05) is 5.32 Å². The molecule has 1 aromatic rings. The number of aliphatic hydroxyl groups is 1. The fraction of sp³-hybridized carbons (Fsp3) is 0.222. The van der Waals surface area contributed by atoms with Crippen molar-refractivity contribution in [3.05, 3.63) is 34.2 Å². The third kappa shape index (κ3) is 2.67. The summed E-state index contributed by atoms with van der Waals surface area (Å²) in [4.78, 5) is 35.7. The summed E-state index contributed by atoms with van der Waals surface area (Å²) >= 11 is 0. The van der Waals surface area contributed by atoms with E-state index in [0.29, 0.717) is 0 Å². The Labute approximate surface area is 89.7 Å². The Morgan fingerprint density at radius 2 is 2.19 bits per heavy atom. The van der Waals surface area contributed by atoms with Gasteiger partial charge in [0.1, 0.15) is 5.56 Å². The van der Waals surface area contributed by atoms with Crippen LogP contribution in [0.25, 0.3) is 0 Å². The van der Waals surface area contributed by atoms with Gasteiger partial charge in [-0.25, -0.2) is 4.79 Å². The molecule has 1 rings (SSSR count). The van der Waals surface area contributed by atoms with Crippen molar-refractivity contribution in [2.45, 2.75) is 6.04 Å². The minimum absolute atomic E-state index is 0.206. The van der Waals surface area contributed by atoms with Gasteiger partial charge in [0.15, 0.2) is 11.5 Å². The second-order valence-electron chi connectivity index (χ2n) is 2.97. The van der Waals surface area contributed by atoms with Crippen molar-refractivity contribution in [1.29, 1.82) is 0 Å². The number of aromatic nitrogens is 1. The lowest BCUT2D eigenvalue weighted by Gasteiger charge is -2.10. The molecular formula is C9H10N2O5. The average Bonchev–Trinajstić information content (AvgIpc) is 2.25. The smallest absolute Gasteiger partial charge is 0.328 e. The van der Waals surface area contributed by atoms with Crippen LogP contribution in [0.1, 0.15) is 10.4 Å². The van der Waals surface area contributed by atoms with Gasteiger partial charge in [0.25, 0.3) is 5.91 Å². The highest BCUT2D eigenvalue weighted by Gasteiger charge is 2.20. The van der Waals surface area contributed by atoms with Gasteiger partial charge in [0, 0.05) is 18.5 Å².